The molecule has 0 atom stereocenters. The minimum absolute atomic E-state index is 0.638. The number of guanidine groups is 1. The molecule has 0 unspecified atom stereocenters. The Hall–Kier alpha value is -2.63. The molecule has 0 radical (unpaired) electrons. The predicted molar refractivity (Wildman–Crippen MR) is 103 cm³/mol. The zero-order chi connectivity index (χ0) is 18.1. The monoisotopic (exact) mass is 340 g/mol. The molecule has 6 heteroatoms. The van der Waals surface area contributed by atoms with E-state index in [2.05, 4.69) is 75.1 Å². The second kappa shape index (κ2) is 9.61. The fourth-order valence-electron chi connectivity index (χ4n) is 2.31. The van der Waals surface area contributed by atoms with Crippen LogP contribution in [0.25, 0.3) is 0 Å². The van der Waals surface area contributed by atoms with Crippen molar-refractivity contribution in [3.8, 4) is 0 Å². The van der Waals surface area contributed by atoms with Crippen LogP contribution in [0.15, 0.2) is 47.7 Å². The van der Waals surface area contributed by atoms with Gasteiger partial charge in [0.25, 0.3) is 0 Å². The zero-order valence-corrected chi connectivity index (χ0v) is 15.4. The van der Waals surface area contributed by atoms with Crippen LogP contribution in [0, 0.1) is 6.92 Å². The third kappa shape index (κ3) is 6.41. The van der Waals surface area contributed by atoms with Gasteiger partial charge in [-0.1, -0.05) is 48.9 Å². The second-order valence-corrected chi connectivity index (χ2v) is 6.18. The summed E-state index contributed by atoms with van der Waals surface area (Å²) in [6.45, 7) is 13.0. The fourth-order valence-corrected chi connectivity index (χ4v) is 2.31. The molecule has 1 heterocycles. The van der Waals surface area contributed by atoms with Crippen LogP contribution in [0.4, 0.5) is 0 Å². The van der Waals surface area contributed by atoms with Crippen LogP contribution < -0.4 is 10.6 Å². The molecule has 134 valence electrons. The molecule has 2 aromatic rings. The first-order valence-corrected chi connectivity index (χ1v) is 8.67. The summed E-state index contributed by atoms with van der Waals surface area (Å²) in [4.78, 5) is 4.67. The van der Waals surface area contributed by atoms with Crippen LogP contribution in [0.1, 0.15) is 30.8 Å². The van der Waals surface area contributed by atoms with Crippen LogP contribution >= 0.6 is 0 Å². The number of nitrogens with one attached hydrogen (secondary N) is 2. The first-order valence-electron chi connectivity index (χ1n) is 8.67. The molecular formula is C19H28N6. The molecular weight excluding hydrogens is 312 g/mol. The Labute approximate surface area is 150 Å². The maximum atomic E-state index is 4.67. The fraction of sp³-hybridized carbons (Fsp3) is 0.421. The highest BCUT2D eigenvalue weighted by molar-refractivity contribution is 5.80. The predicted octanol–water partition coefficient (Wildman–Crippen LogP) is 2.46. The van der Waals surface area contributed by atoms with Gasteiger partial charge < -0.3 is 15.2 Å². The van der Waals surface area contributed by atoms with E-state index in [0.717, 1.165) is 36.9 Å². The minimum Gasteiger partial charge on any atom is -0.355 e. The molecule has 0 aliphatic heterocycles. The lowest BCUT2D eigenvalue weighted by Gasteiger charge is -2.13. The van der Waals surface area contributed by atoms with Crippen molar-refractivity contribution in [2.45, 2.75) is 40.3 Å². The minimum atomic E-state index is 0.638. The van der Waals surface area contributed by atoms with Gasteiger partial charge in [-0.05, 0) is 19.4 Å². The van der Waals surface area contributed by atoms with Gasteiger partial charge in [0.15, 0.2) is 5.96 Å². The van der Waals surface area contributed by atoms with Crippen LogP contribution in [0.3, 0.4) is 0 Å². The van der Waals surface area contributed by atoms with E-state index >= 15 is 0 Å². The number of aryl methyl sites for hydroxylation is 2. The lowest BCUT2D eigenvalue weighted by molar-refractivity contribution is 0.633. The van der Waals surface area contributed by atoms with E-state index < -0.39 is 0 Å². The molecule has 0 aliphatic carbocycles. The molecule has 6 nitrogen and oxygen atoms in total. The molecule has 25 heavy (non-hydrogen) atoms. The van der Waals surface area contributed by atoms with Crippen molar-refractivity contribution in [3.05, 3.63) is 59.7 Å². The maximum Gasteiger partial charge on any atom is 0.191 e. The standard InChI is InChI=1S/C19H28N6/c1-5-18-24-23-14-25(18)11-10-20-19(21-12-15(2)3)22-13-17-8-6-16(4)7-9-17/h6-9,14H,2,5,10-13H2,1,3-4H3,(H2,20,21,22). The third-order valence-corrected chi connectivity index (χ3v) is 3.76. The van der Waals surface area contributed by atoms with E-state index in [1.807, 2.05) is 6.92 Å². The van der Waals surface area contributed by atoms with Gasteiger partial charge in [0, 0.05) is 26.1 Å². The molecule has 0 saturated heterocycles. The van der Waals surface area contributed by atoms with Crippen molar-refractivity contribution in [1.29, 1.82) is 0 Å². The van der Waals surface area contributed by atoms with Crippen LogP contribution in [-0.2, 0) is 19.5 Å². The molecule has 1 aromatic carbocycles. The van der Waals surface area contributed by atoms with Gasteiger partial charge in [-0.3, -0.25) is 0 Å². The van der Waals surface area contributed by atoms with Crippen molar-refractivity contribution in [3.63, 3.8) is 0 Å². The van der Waals surface area contributed by atoms with E-state index in [4.69, 9.17) is 0 Å². The summed E-state index contributed by atoms with van der Waals surface area (Å²) in [7, 11) is 0. The van der Waals surface area contributed by atoms with Crippen LogP contribution in [0.2, 0.25) is 0 Å². The van der Waals surface area contributed by atoms with E-state index in [-0.39, 0.29) is 0 Å². The van der Waals surface area contributed by atoms with Crippen molar-refractivity contribution in [2.75, 3.05) is 13.1 Å². The Morgan fingerprint density at radius 3 is 2.68 bits per heavy atom. The number of hydrogen-bond acceptors (Lipinski definition) is 3. The number of aromatic nitrogens is 3. The van der Waals surface area contributed by atoms with E-state index in [9.17, 15) is 0 Å². The molecule has 0 bridgehead atoms. The van der Waals surface area contributed by atoms with E-state index in [1.165, 1.54) is 11.1 Å². The molecule has 0 aliphatic rings. The van der Waals surface area contributed by atoms with Crippen molar-refractivity contribution in [1.82, 2.24) is 25.4 Å². The van der Waals surface area contributed by atoms with Crippen LogP contribution in [0.5, 0.6) is 0 Å². The van der Waals surface area contributed by atoms with Gasteiger partial charge in [-0.15, -0.1) is 10.2 Å². The molecule has 2 N–H and O–H groups in total. The van der Waals surface area contributed by atoms with E-state index in [0.29, 0.717) is 13.1 Å². The number of nitrogens with zero attached hydrogens (tertiary/aromatic N) is 4. The number of aliphatic imine (C=N–C) groups is 1. The Kier molecular flexibility index (Phi) is 7.19. The number of hydrogen-bond donors (Lipinski definition) is 2. The Balaban J connectivity index is 1.93. The molecule has 2 rings (SSSR count). The first kappa shape index (κ1) is 18.7. The van der Waals surface area contributed by atoms with E-state index in [1.54, 1.807) is 6.33 Å². The normalized spacial score (nSPS) is 11.4. The lowest BCUT2D eigenvalue weighted by Crippen LogP contribution is -2.39. The largest absolute Gasteiger partial charge is 0.355 e. The third-order valence-electron chi connectivity index (χ3n) is 3.76. The molecule has 0 amide bonds. The second-order valence-electron chi connectivity index (χ2n) is 6.18. The van der Waals surface area contributed by atoms with Gasteiger partial charge in [-0.2, -0.15) is 0 Å². The SMILES string of the molecule is C=C(C)CNC(=NCc1ccc(C)cc1)NCCn1cnnc1CC. The molecule has 0 spiro atoms. The van der Waals surface area contributed by atoms with Crippen LogP contribution in [-0.4, -0.2) is 33.8 Å². The average molecular weight is 340 g/mol. The number of benzene rings is 1. The van der Waals surface area contributed by atoms with Gasteiger partial charge in [-0.25, -0.2) is 4.99 Å². The molecule has 0 saturated carbocycles. The quantitative estimate of drug-likeness (QED) is 0.440. The Morgan fingerprint density at radius 2 is 2.00 bits per heavy atom. The lowest BCUT2D eigenvalue weighted by atomic mass is 10.1. The molecule has 1 aromatic heterocycles. The van der Waals surface area contributed by atoms with Gasteiger partial charge in [0.2, 0.25) is 0 Å². The highest BCUT2D eigenvalue weighted by atomic mass is 15.3. The smallest absolute Gasteiger partial charge is 0.191 e. The molecule has 0 fully saturated rings. The van der Waals surface area contributed by atoms with Gasteiger partial charge in [0.1, 0.15) is 12.2 Å². The maximum absolute atomic E-state index is 4.67. The first-order chi connectivity index (χ1) is 12.1. The van der Waals surface area contributed by atoms with Gasteiger partial charge in [0.05, 0.1) is 6.54 Å². The summed E-state index contributed by atoms with van der Waals surface area (Å²) in [5, 5.41) is 14.7. The number of rotatable bonds is 8. The summed E-state index contributed by atoms with van der Waals surface area (Å²) in [6.07, 6.45) is 2.65. The topological polar surface area (TPSA) is 67.1 Å². The van der Waals surface area contributed by atoms with Crippen molar-refractivity contribution < 1.29 is 0 Å². The zero-order valence-electron chi connectivity index (χ0n) is 15.4. The summed E-state index contributed by atoms with van der Waals surface area (Å²) < 4.78 is 2.06. The Morgan fingerprint density at radius 1 is 1.24 bits per heavy atom. The summed E-state index contributed by atoms with van der Waals surface area (Å²) >= 11 is 0. The average Bonchev–Trinajstić information content (AvgIpc) is 3.05. The Bertz CT molecular complexity index is 699. The highest BCUT2D eigenvalue weighted by Crippen LogP contribution is 2.04. The summed E-state index contributed by atoms with van der Waals surface area (Å²) in [5.74, 6) is 1.78. The van der Waals surface area contributed by atoms with Crippen molar-refractivity contribution in [2.24, 2.45) is 4.99 Å². The summed E-state index contributed by atoms with van der Waals surface area (Å²) in [5.41, 5.74) is 3.51. The van der Waals surface area contributed by atoms with Crippen molar-refractivity contribution >= 4 is 5.96 Å². The van der Waals surface area contributed by atoms with Gasteiger partial charge >= 0.3 is 0 Å². The summed E-state index contributed by atoms with van der Waals surface area (Å²) in [6, 6.07) is 8.44. The highest BCUT2D eigenvalue weighted by Gasteiger charge is 2.03.